The first kappa shape index (κ1) is 31.6. The first-order valence-corrected chi connectivity index (χ1v) is 22.0. The highest BCUT2D eigenvalue weighted by Gasteiger charge is 2.75. The van der Waals surface area contributed by atoms with E-state index >= 15 is 0 Å². The van der Waals surface area contributed by atoms with Crippen molar-refractivity contribution in [3.63, 3.8) is 0 Å². The van der Waals surface area contributed by atoms with Gasteiger partial charge in [-0.3, -0.25) is 0 Å². The summed E-state index contributed by atoms with van der Waals surface area (Å²) >= 11 is 0. The van der Waals surface area contributed by atoms with Crippen LogP contribution in [0.25, 0.3) is 0 Å². The van der Waals surface area contributed by atoms with Gasteiger partial charge in [-0.2, -0.15) is 0 Å². The Hall–Kier alpha value is 1.59. The largest absolute Gasteiger partial charge is 0.577 e. The summed E-state index contributed by atoms with van der Waals surface area (Å²) in [4.78, 5) is 0. The molecule has 0 heterocycles. The molecule has 0 aromatic carbocycles. The molecule has 0 saturated heterocycles. The Morgan fingerprint density at radius 3 is 1.13 bits per heavy atom. The van der Waals surface area contributed by atoms with Gasteiger partial charge in [0.15, 0.2) is 0 Å². The fraction of sp³-hybridized carbons (Fsp3) is 1.00. The van der Waals surface area contributed by atoms with E-state index in [0.717, 1.165) is 24.3 Å². The minimum absolute atomic E-state index is 0.515. The molecule has 0 spiro atoms. The van der Waals surface area contributed by atoms with Crippen LogP contribution in [0.4, 0.5) is 0 Å². The summed E-state index contributed by atoms with van der Waals surface area (Å²) < 4.78 is 39.1. The summed E-state index contributed by atoms with van der Waals surface area (Å²) in [5, 5.41) is 0. The molecule has 0 bridgehead atoms. The van der Waals surface area contributed by atoms with Gasteiger partial charge >= 0.3 is 15.9 Å². The van der Waals surface area contributed by atoms with E-state index in [1.54, 1.807) is 0 Å². The molecule has 0 amide bonds. The third-order valence-corrected chi connectivity index (χ3v) is 41.9. The quantitative estimate of drug-likeness (QED) is 0.0905. The summed E-state index contributed by atoms with van der Waals surface area (Å²) in [5.74, 6) is 1.97. The fourth-order valence-electron chi connectivity index (χ4n) is 2.56. The Bertz CT molecular complexity index is 366. The highest BCUT2D eigenvalue weighted by molar-refractivity contribution is 9.50. The Morgan fingerprint density at radius 2 is 0.867 bits per heavy atom. The average molecular weight is 541 g/mol. The normalized spacial score (nSPS) is 13.7. The Morgan fingerprint density at radius 1 is 0.533 bits per heavy atom. The van der Waals surface area contributed by atoms with Crippen molar-refractivity contribution in [3.05, 3.63) is 0 Å². The van der Waals surface area contributed by atoms with Gasteiger partial charge in [0.25, 0.3) is 0 Å². The van der Waals surface area contributed by atoms with Crippen LogP contribution in [0.2, 0.25) is 0 Å². The lowest BCUT2D eigenvalue weighted by Crippen LogP contribution is -2.62. The smallest absolute Gasteiger partial charge is 0.366 e. The zero-order valence-corrected chi connectivity index (χ0v) is 25.4. The van der Waals surface area contributed by atoms with Gasteiger partial charge in [0.2, 0.25) is 0 Å². The maximum Gasteiger partial charge on any atom is 0.577 e. The zero-order valence-electron chi connectivity index (χ0n) is 20.2. The third-order valence-electron chi connectivity index (χ3n) is 3.47. The zero-order chi connectivity index (χ0) is 22.9. The van der Waals surface area contributed by atoms with Gasteiger partial charge in [0.05, 0.1) is 0 Å². The van der Waals surface area contributed by atoms with Crippen LogP contribution in [0.15, 0.2) is 0 Å². The summed E-state index contributed by atoms with van der Waals surface area (Å²) in [7, 11) is -0.932. The molecule has 30 heavy (non-hydrogen) atoms. The van der Waals surface area contributed by atoms with Crippen LogP contribution >= 0.6 is 38.4 Å². The summed E-state index contributed by atoms with van der Waals surface area (Å²) in [6.07, 6.45) is 2.12. The highest BCUT2D eigenvalue weighted by Crippen LogP contribution is 2.83. The van der Waals surface area contributed by atoms with Crippen molar-refractivity contribution >= 4 is 54.3 Å². The molecule has 0 aliphatic rings. The molecule has 0 N–H and O–H groups in total. The highest BCUT2D eigenvalue weighted by atomic mass is 33.8. The van der Waals surface area contributed by atoms with Crippen LogP contribution in [0.1, 0.15) is 68.2 Å². The lowest BCUT2D eigenvalue weighted by molar-refractivity contribution is 0.0872. The first-order valence-electron chi connectivity index (χ1n) is 11.1. The lowest BCUT2D eigenvalue weighted by Gasteiger charge is -2.52. The molecule has 0 saturated carbocycles. The molecule has 6 nitrogen and oxygen atoms in total. The third kappa shape index (κ3) is 8.12. The Kier molecular flexibility index (Phi) is 18.9. The molecule has 0 aliphatic carbocycles. The van der Waals surface area contributed by atoms with Crippen LogP contribution in [0, 0.1) is 0 Å². The van der Waals surface area contributed by atoms with Crippen LogP contribution in [-0.2, 0) is 26.6 Å². The predicted molar refractivity (Wildman–Crippen MR) is 142 cm³/mol. The summed E-state index contributed by atoms with van der Waals surface area (Å²) in [6, 6.07) is 0. The maximum absolute atomic E-state index is 6.52. The van der Waals surface area contributed by atoms with Crippen molar-refractivity contribution in [1.82, 2.24) is 0 Å². The fourth-order valence-corrected chi connectivity index (χ4v) is 46.1. The number of hydrogen-bond acceptors (Lipinski definition) is 9. The van der Waals surface area contributed by atoms with E-state index in [-0.39, 0.29) is 0 Å². The minimum atomic E-state index is -3.23. The van der Waals surface area contributed by atoms with Crippen molar-refractivity contribution in [2.75, 3.05) is 51.1 Å². The Balaban J connectivity index is 6.96. The van der Waals surface area contributed by atoms with Crippen molar-refractivity contribution in [3.8, 4) is 0 Å². The van der Waals surface area contributed by atoms with Crippen LogP contribution in [0.5, 0.6) is 0 Å². The van der Waals surface area contributed by atoms with E-state index in [4.69, 9.17) is 26.6 Å². The van der Waals surface area contributed by atoms with Crippen molar-refractivity contribution in [1.29, 1.82) is 0 Å². The number of hydrogen-bond donors (Lipinski definition) is 0. The molecule has 12 heteroatoms. The minimum Gasteiger partial charge on any atom is -0.366 e. The number of rotatable bonds is 21. The van der Waals surface area contributed by atoms with Gasteiger partial charge in [-0.25, -0.2) is 0 Å². The molecule has 0 fully saturated rings. The van der Waals surface area contributed by atoms with Gasteiger partial charge in [0, 0.05) is 51.1 Å². The summed E-state index contributed by atoms with van der Waals surface area (Å²) in [5.41, 5.74) is 0. The predicted octanol–water partition coefficient (Wildman–Crippen LogP) is 6.65. The van der Waals surface area contributed by atoms with Gasteiger partial charge in [-0.05, 0) is 71.2 Å². The van der Waals surface area contributed by atoms with Crippen LogP contribution in [0.3, 0.4) is 0 Å². The first-order chi connectivity index (χ1) is 14.5. The van der Waals surface area contributed by atoms with Gasteiger partial charge in [-0.1, -0.05) is 24.6 Å². The SMILES string of the molecule is CCCSSS(SCCC)([Si](OCC)(OCC)OCC)[Si](OCC)(OCC)OCC. The molecule has 0 rings (SSSR count). The van der Waals surface area contributed by atoms with Gasteiger partial charge in [0.1, 0.15) is 0 Å². The van der Waals surface area contributed by atoms with E-state index in [0.29, 0.717) is 39.6 Å². The van der Waals surface area contributed by atoms with E-state index in [1.807, 2.05) is 73.0 Å². The van der Waals surface area contributed by atoms with E-state index < -0.39 is 22.9 Å². The molecular formula is C18H44O6S4Si2. The second-order valence-corrected chi connectivity index (χ2v) is 30.1. The summed E-state index contributed by atoms with van der Waals surface area (Å²) in [6.45, 7) is 17.5. The van der Waals surface area contributed by atoms with Gasteiger partial charge < -0.3 is 26.6 Å². The van der Waals surface area contributed by atoms with E-state index in [2.05, 4.69) is 13.8 Å². The van der Waals surface area contributed by atoms with Crippen molar-refractivity contribution in [2.24, 2.45) is 0 Å². The molecule has 0 atom stereocenters. The van der Waals surface area contributed by atoms with Crippen molar-refractivity contribution < 1.29 is 26.6 Å². The van der Waals surface area contributed by atoms with E-state index in [1.165, 1.54) is 0 Å². The molecule has 0 aromatic rings. The monoisotopic (exact) mass is 540 g/mol. The molecule has 0 aliphatic heterocycles. The topological polar surface area (TPSA) is 55.4 Å². The molecule has 0 unspecified atom stereocenters. The Labute approximate surface area is 199 Å². The average Bonchev–Trinajstić information content (AvgIpc) is 2.71. The van der Waals surface area contributed by atoms with Gasteiger partial charge in [-0.15, -0.1) is 10.8 Å². The van der Waals surface area contributed by atoms with Crippen LogP contribution in [-0.4, -0.2) is 67.1 Å². The molecule has 184 valence electrons. The standard InChI is InChI=1S/C18H44O6S4Si2/c1-9-17-25-27-28(26-18-10-2,29(19-11-3,20-12-4)21-13-5)30(22-14-6,23-15-7)24-16-8/h9-18H2,1-8H3. The molecule has 0 radical (unpaired) electrons. The maximum atomic E-state index is 6.52. The lowest BCUT2D eigenvalue weighted by atomic mass is 10.6. The second-order valence-electron chi connectivity index (χ2n) is 5.81. The van der Waals surface area contributed by atoms with Crippen LogP contribution < -0.4 is 0 Å². The molecular weight excluding hydrogens is 497 g/mol. The second kappa shape index (κ2) is 18.0. The van der Waals surface area contributed by atoms with E-state index in [9.17, 15) is 0 Å². The molecule has 0 aromatic heterocycles. The van der Waals surface area contributed by atoms with Crippen molar-refractivity contribution in [2.45, 2.75) is 68.2 Å².